The van der Waals surface area contributed by atoms with Gasteiger partial charge in [0.1, 0.15) is 11.4 Å². The van der Waals surface area contributed by atoms with Crippen LogP contribution in [0.2, 0.25) is 0 Å². The number of nitrogens with one attached hydrogen (secondary N) is 1. The van der Waals surface area contributed by atoms with E-state index in [0.29, 0.717) is 18.0 Å². The van der Waals surface area contributed by atoms with Crippen molar-refractivity contribution < 1.29 is 9.53 Å². The summed E-state index contributed by atoms with van der Waals surface area (Å²) in [5.74, 6) is 1.15. The summed E-state index contributed by atoms with van der Waals surface area (Å²) < 4.78 is 7.28. The van der Waals surface area contributed by atoms with Gasteiger partial charge in [0, 0.05) is 19.3 Å². The van der Waals surface area contributed by atoms with Crippen molar-refractivity contribution in [2.24, 2.45) is 0 Å². The molecule has 0 saturated heterocycles. The smallest absolute Gasteiger partial charge is 0.256 e. The zero-order valence-electron chi connectivity index (χ0n) is 13.8. The van der Waals surface area contributed by atoms with Gasteiger partial charge in [0.05, 0.1) is 18.1 Å². The number of pyridine rings is 1. The molecule has 0 aliphatic heterocycles. The van der Waals surface area contributed by atoms with Crippen LogP contribution < -0.4 is 10.1 Å². The lowest BCUT2D eigenvalue weighted by molar-refractivity contribution is 0.0949. The molecule has 0 bridgehead atoms. The topological polar surface area (TPSA) is 69.0 Å². The van der Waals surface area contributed by atoms with Crippen LogP contribution in [0, 0.1) is 6.92 Å². The van der Waals surface area contributed by atoms with E-state index in [4.69, 9.17) is 4.74 Å². The zero-order valence-corrected chi connectivity index (χ0v) is 13.8. The maximum Gasteiger partial charge on any atom is 0.256 e. The van der Waals surface area contributed by atoms with Crippen LogP contribution in [-0.2, 0) is 6.54 Å². The Bertz CT molecular complexity index is 857. The zero-order chi connectivity index (χ0) is 16.9. The predicted octanol–water partition coefficient (Wildman–Crippen LogP) is 2.57. The number of carbonyl (C=O) groups is 1. The molecule has 1 N–H and O–H groups in total. The number of hydrogen-bond donors (Lipinski definition) is 1. The van der Waals surface area contributed by atoms with Gasteiger partial charge in [-0.3, -0.25) is 4.79 Å². The Labute approximate surface area is 140 Å². The highest BCUT2D eigenvalue weighted by atomic mass is 16.5. The van der Waals surface area contributed by atoms with E-state index in [9.17, 15) is 4.79 Å². The molecule has 0 saturated carbocycles. The fourth-order valence-corrected chi connectivity index (χ4v) is 2.74. The first-order valence-corrected chi connectivity index (χ1v) is 7.90. The third-order valence-corrected chi connectivity index (χ3v) is 3.90. The fourth-order valence-electron chi connectivity index (χ4n) is 2.74. The highest BCUT2D eigenvalue weighted by Crippen LogP contribution is 2.16. The maximum absolute atomic E-state index is 12.2. The monoisotopic (exact) mass is 324 g/mol. The van der Waals surface area contributed by atoms with Gasteiger partial charge in [-0.1, -0.05) is 12.1 Å². The van der Waals surface area contributed by atoms with Crippen molar-refractivity contribution in [2.45, 2.75) is 19.9 Å². The largest absolute Gasteiger partial charge is 0.480 e. The summed E-state index contributed by atoms with van der Waals surface area (Å²) >= 11 is 0. The summed E-state index contributed by atoms with van der Waals surface area (Å²) in [5, 5.41) is 2.91. The minimum Gasteiger partial charge on any atom is -0.480 e. The molecule has 1 aromatic carbocycles. The number of nitrogens with zero attached hydrogens (tertiary/aromatic N) is 3. The number of methoxy groups -OCH3 is 1. The maximum atomic E-state index is 12.2. The first-order valence-electron chi connectivity index (χ1n) is 7.90. The van der Waals surface area contributed by atoms with Gasteiger partial charge in [0.15, 0.2) is 0 Å². The van der Waals surface area contributed by atoms with Crippen LogP contribution >= 0.6 is 0 Å². The van der Waals surface area contributed by atoms with Crippen molar-refractivity contribution in [3.05, 3.63) is 54.0 Å². The van der Waals surface area contributed by atoms with Crippen molar-refractivity contribution in [1.82, 2.24) is 19.9 Å². The third-order valence-electron chi connectivity index (χ3n) is 3.90. The first kappa shape index (κ1) is 16.0. The van der Waals surface area contributed by atoms with Gasteiger partial charge in [-0.05, 0) is 37.6 Å². The minimum absolute atomic E-state index is 0.174. The second-order valence-corrected chi connectivity index (χ2v) is 5.47. The van der Waals surface area contributed by atoms with Crippen molar-refractivity contribution in [3.8, 4) is 5.88 Å². The van der Waals surface area contributed by atoms with E-state index in [1.807, 2.05) is 25.1 Å². The Kier molecular flexibility index (Phi) is 4.74. The number of ether oxygens (including phenoxy) is 1. The van der Waals surface area contributed by atoms with Crippen LogP contribution in [0.4, 0.5) is 0 Å². The van der Waals surface area contributed by atoms with Gasteiger partial charge < -0.3 is 14.6 Å². The van der Waals surface area contributed by atoms with Crippen LogP contribution in [0.5, 0.6) is 5.88 Å². The van der Waals surface area contributed by atoms with Crippen LogP contribution in [0.25, 0.3) is 11.0 Å². The molecule has 0 unspecified atom stereocenters. The first-order chi connectivity index (χ1) is 11.7. The highest BCUT2D eigenvalue weighted by molar-refractivity contribution is 5.96. The summed E-state index contributed by atoms with van der Waals surface area (Å²) in [4.78, 5) is 20.8. The van der Waals surface area contributed by atoms with Gasteiger partial charge >= 0.3 is 0 Å². The molecule has 6 nitrogen and oxygen atoms in total. The molecule has 0 fully saturated rings. The van der Waals surface area contributed by atoms with E-state index >= 15 is 0 Å². The molecule has 0 radical (unpaired) electrons. The quantitative estimate of drug-likeness (QED) is 0.708. The summed E-state index contributed by atoms with van der Waals surface area (Å²) in [6.07, 6.45) is 2.41. The number of fused-ring (bicyclic) bond motifs is 1. The Balaban J connectivity index is 1.59. The molecule has 0 spiro atoms. The average Bonchev–Trinajstić information content (AvgIpc) is 2.93. The van der Waals surface area contributed by atoms with Gasteiger partial charge in [0.25, 0.3) is 5.91 Å². The van der Waals surface area contributed by atoms with Crippen molar-refractivity contribution >= 4 is 16.9 Å². The number of para-hydroxylation sites is 2. The number of amides is 1. The number of imidazole rings is 1. The van der Waals surface area contributed by atoms with Crippen molar-refractivity contribution in [3.63, 3.8) is 0 Å². The molecular weight excluding hydrogens is 304 g/mol. The minimum atomic E-state index is -0.174. The van der Waals surface area contributed by atoms with Crippen molar-refractivity contribution in [1.29, 1.82) is 0 Å². The van der Waals surface area contributed by atoms with E-state index in [1.54, 1.807) is 18.3 Å². The lowest BCUT2D eigenvalue weighted by Crippen LogP contribution is -2.26. The summed E-state index contributed by atoms with van der Waals surface area (Å²) in [7, 11) is 1.51. The molecule has 3 aromatic rings. The molecule has 0 atom stereocenters. The SMILES string of the molecule is COc1ncccc1C(=O)NCCCn1c(C)nc2ccccc21. The van der Waals surface area contributed by atoms with E-state index in [2.05, 4.69) is 25.9 Å². The van der Waals surface area contributed by atoms with Crippen LogP contribution in [-0.4, -0.2) is 34.1 Å². The van der Waals surface area contributed by atoms with Gasteiger partial charge in [0.2, 0.25) is 5.88 Å². The van der Waals surface area contributed by atoms with E-state index in [-0.39, 0.29) is 5.91 Å². The Morgan fingerprint density at radius 2 is 2.08 bits per heavy atom. The molecule has 3 rings (SSSR count). The number of carbonyl (C=O) groups excluding carboxylic acids is 1. The molecule has 2 heterocycles. The summed E-state index contributed by atoms with van der Waals surface area (Å²) in [5.41, 5.74) is 2.57. The number of hydrogen-bond acceptors (Lipinski definition) is 4. The highest BCUT2D eigenvalue weighted by Gasteiger charge is 2.12. The normalized spacial score (nSPS) is 10.8. The average molecular weight is 324 g/mol. The Morgan fingerprint density at radius 1 is 1.25 bits per heavy atom. The van der Waals surface area contributed by atoms with Gasteiger partial charge in [-0.2, -0.15) is 0 Å². The van der Waals surface area contributed by atoms with E-state index in [0.717, 1.165) is 29.8 Å². The van der Waals surface area contributed by atoms with E-state index < -0.39 is 0 Å². The van der Waals surface area contributed by atoms with Crippen molar-refractivity contribution in [2.75, 3.05) is 13.7 Å². The Hall–Kier alpha value is -2.89. The van der Waals surface area contributed by atoms with Crippen LogP contribution in [0.15, 0.2) is 42.6 Å². The summed E-state index contributed by atoms with van der Waals surface area (Å²) in [6.45, 7) is 3.37. The summed E-state index contributed by atoms with van der Waals surface area (Å²) in [6, 6.07) is 11.5. The fraction of sp³-hybridized carbons (Fsp3) is 0.278. The number of benzene rings is 1. The molecule has 0 aliphatic rings. The molecule has 0 aliphatic carbocycles. The number of aryl methyl sites for hydroxylation is 2. The second kappa shape index (κ2) is 7.12. The van der Waals surface area contributed by atoms with Crippen LogP contribution in [0.3, 0.4) is 0 Å². The third kappa shape index (κ3) is 3.22. The van der Waals surface area contributed by atoms with E-state index in [1.165, 1.54) is 7.11 Å². The molecule has 1 amide bonds. The molecule has 24 heavy (non-hydrogen) atoms. The predicted molar refractivity (Wildman–Crippen MR) is 92.2 cm³/mol. The standard InChI is InChI=1S/C18H20N4O2/c1-13-21-15-8-3-4-9-16(15)22(13)12-6-11-19-17(23)14-7-5-10-20-18(14)24-2/h3-5,7-10H,6,11-12H2,1-2H3,(H,19,23). The van der Waals surface area contributed by atoms with Crippen LogP contribution in [0.1, 0.15) is 22.6 Å². The number of aromatic nitrogens is 3. The van der Waals surface area contributed by atoms with Gasteiger partial charge in [-0.25, -0.2) is 9.97 Å². The molecule has 124 valence electrons. The lowest BCUT2D eigenvalue weighted by Gasteiger charge is -2.09. The second-order valence-electron chi connectivity index (χ2n) is 5.47. The molecular formula is C18H20N4O2. The van der Waals surface area contributed by atoms with Gasteiger partial charge in [-0.15, -0.1) is 0 Å². The Morgan fingerprint density at radius 3 is 2.92 bits per heavy atom. The lowest BCUT2D eigenvalue weighted by atomic mass is 10.2. The molecule has 6 heteroatoms. The number of rotatable bonds is 6. The molecule has 2 aromatic heterocycles.